The van der Waals surface area contributed by atoms with Crippen LogP contribution in [0, 0.1) is 11.3 Å². The van der Waals surface area contributed by atoms with Gasteiger partial charge in [0.15, 0.2) is 6.61 Å². The zero-order valence-electron chi connectivity index (χ0n) is 14.1. The number of carbonyl (C=O) groups excluding carboxylic acids is 1. The van der Waals surface area contributed by atoms with Crippen LogP contribution in [0.4, 0.5) is 8.78 Å². The second kappa shape index (κ2) is 6.58. The lowest BCUT2D eigenvalue weighted by molar-refractivity contribution is -0.433. The number of esters is 1. The van der Waals surface area contributed by atoms with Gasteiger partial charge in [-0.05, 0) is 38.0 Å². The molecule has 144 valence electrons. The molecule has 7 nitrogen and oxygen atoms in total. The van der Waals surface area contributed by atoms with Gasteiger partial charge in [-0.1, -0.05) is 5.04 Å². The predicted octanol–water partition coefficient (Wildman–Crippen LogP) is 2.95. The third-order valence-electron chi connectivity index (χ3n) is 5.82. The highest BCUT2D eigenvalue weighted by Gasteiger charge is 2.67. The number of alkyl halides is 2. The van der Waals surface area contributed by atoms with Crippen LogP contribution in [-0.4, -0.2) is 48.5 Å². The van der Waals surface area contributed by atoms with Gasteiger partial charge >= 0.3 is 11.2 Å². The number of methoxy groups -OCH3 is 2. The molecule has 4 rings (SSSR count). The molecule has 0 aromatic rings. The van der Waals surface area contributed by atoms with E-state index in [0.29, 0.717) is 25.7 Å². The van der Waals surface area contributed by atoms with Gasteiger partial charge in [0.2, 0.25) is 0 Å². The van der Waals surface area contributed by atoms with Crippen LogP contribution in [0.3, 0.4) is 0 Å². The first kappa shape index (κ1) is 19.2. The van der Waals surface area contributed by atoms with Crippen LogP contribution in [0.25, 0.3) is 0 Å². The summed E-state index contributed by atoms with van der Waals surface area (Å²) in [5, 5.41) is 7.57. The summed E-state index contributed by atoms with van der Waals surface area (Å²) in [7, 11) is 3.24. The third-order valence-corrected chi connectivity index (χ3v) is 6.31. The van der Waals surface area contributed by atoms with E-state index < -0.39 is 46.5 Å². The minimum absolute atomic E-state index is 0.240. The third kappa shape index (κ3) is 3.52. The van der Waals surface area contributed by atoms with Crippen molar-refractivity contribution >= 4 is 18.0 Å². The van der Waals surface area contributed by atoms with Crippen molar-refractivity contribution in [2.24, 2.45) is 11.3 Å². The minimum atomic E-state index is -3.54. The number of halogens is 2. The minimum Gasteiger partial charge on any atom is -0.458 e. The van der Waals surface area contributed by atoms with Crippen LogP contribution >= 0.6 is 12.0 Å². The van der Waals surface area contributed by atoms with Crippen molar-refractivity contribution in [3.63, 3.8) is 0 Å². The number of rotatable bonds is 8. The van der Waals surface area contributed by atoms with Gasteiger partial charge in [-0.3, -0.25) is 4.79 Å². The average Bonchev–Trinajstić information content (AvgIpc) is 2.57. The van der Waals surface area contributed by atoms with E-state index in [1.54, 1.807) is 14.2 Å². The molecular formula is C15H22F2O7S. The Kier molecular flexibility index (Phi) is 5.06. The maximum Gasteiger partial charge on any atom is 0.354 e. The molecule has 0 saturated heterocycles. The maximum atomic E-state index is 13.5. The smallest absolute Gasteiger partial charge is 0.354 e. The Morgan fingerprint density at radius 1 is 1.16 bits per heavy atom. The molecule has 0 heterocycles. The molecule has 0 amide bonds. The van der Waals surface area contributed by atoms with Crippen LogP contribution in [0.1, 0.15) is 38.5 Å². The van der Waals surface area contributed by atoms with Gasteiger partial charge in [0.1, 0.15) is 12.0 Å². The molecule has 10 heteroatoms. The highest BCUT2D eigenvalue weighted by atomic mass is 32.2. The molecular weight excluding hydrogens is 362 g/mol. The topological polar surface area (TPSA) is 83.5 Å². The molecule has 2 atom stereocenters. The SMILES string of the molecule is COC12CC3CC(OC)(C1)CC(C(=O)OCC(F)(F)SOOO)(C3)C2. The van der Waals surface area contributed by atoms with Crippen LogP contribution in [-0.2, 0) is 28.4 Å². The van der Waals surface area contributed by atoms with E-state index in [4.69, 9.17) is 19.5 Å². The summed E-state index contributed by atoms with van der Waals surface area (Å²) in [5.74, 6) is -0.422. The van der Waals surface area contributed by atoms with Gasteiger partial charge in [-0.15, -0.1) is 4.33 Å². The predicted molar refractivity (Wildman–Crippen MR) is 81.4 cm³/mol. The molecule has 4 fully saturated rings. The van der Waals surface area contributed by atoms with E-state index >= 15 is 0 Å². The lowest BCUT2D eigenvalue weighted by atomic mass is 9.46. The van der Waals surface area contributed by atoms with Crippen molar-refractivity contribution < 1.29 is 42.4 Å². The molecule has 2 unspecified atom stereocenters. The molecule has 4 bridgehead atoms. The molecule has 4 saturated carbocycles. The second-order valence-corrected chi connectivity index (χ2v) is 8.40. The molecule has 4 aliphatic rings. The Balaban J connectivity index is 1.73. The summed E-state index contributed by atoms with van der Waals surface area (Å²) in [6.45, 7) is -1.17. The van der Waals surface area contributed by atoms with Crippen molar-refractivity contribution in [2.75, 3.05) is 20.8 Å². The van der Waals surface area contributed by atoms with Crippen LogP contribution in [0.15, 0.2) is 0 Å². The van der Waals surface area contributed by atoms with Gasteiger partial charge in [0, 0.05) is 20.6 Å². The van der Waals surface area contributed by atoms with Gasteiger partial charge in [-0.2, -0.15) is 8.78 Å². The Morgan fingerprint density at radius 3 is 2.28 bits per heavy atom. The standard InChI is InChI=1S/C15H22F2O7S/c1-20-13-4-10-3-12(6-13,7-14(5-10,8-13)21-2)11(18)22-9-15(16,17)25-24-23-19/h10,19H,3-9H2,1-2H3. The van der Waals surface area contributed by atoms with Crippen LogP contribution in [0.5, 0.6) is 0 Å². The molecule has 0 spiro atoms. The highest BCUT2D eigenvalue weighted by molar-refractivity contribution is 7.95. The van der Waals surface area contributed by atoms with Crippen molar-refractivity contribution in [3.8, 4) is 0 Å². The molecule has 25 heavy (non-hydrogen) atoms. The van der Waals surface area contributed by atoms with Gasteiger partial charge in [0.05, 0.1) is 16.6 Å². The van der Waals surface area contributed by atoms with Crippen LogP contribution < -0.4 is 0 Å². The Morgan fingerprint density at radius 2 is 1.76 bits per heavy atom. The largest absolute Gasteiger partial charge is 0.458 e. The maximum absolute atomic E-state index is 13.5. The second-order valence-electron chi connectivity index (χ2n) is 7.50. The van der Waals surface area contributed by atoms with E-state index in [1.165, 1.54) is 0 Å². The molecule has 0 aromatic heterocycles. The molecule has 1 N–H and O–H groups in total. The fourth-order valence-electron chi connectivity index (χ4n) is 5.34. The summed E-state index contributed by atoms with van der Waals surface area (Å²) >= 11 is -0.427. The monoisotopic (exact) mass is 384 g/mol. The fourth-order valence-corrected chi connectivity index (χ4v) is 5.57. The van der Waals surface area contributed by atoms with E-state index in [-0.39, 0.29) is 5.92 Å². The van der Waals surface area contributed by atoms with E-state index in [1.807, 2.05) is 0 Å². The van der Waals surface area contributed by atoms with Crippen LogP contribution in [0.2, 0.25) is 0 Å². The number of ether oxygens (including phenoxy) is 3. The fraction of sp³-hybridized carbons (Fsp3) is 0.933. The first-order valence-electron chi connectivity index (χ1n) is 8.03. The van der Waals surface area contributed by atoms with Crippen molar-refractivity contribution in [1.82, 2.24) is 0 Å². The molecule has 4 aliphatic carbocycles. The van der Waals surface area contributed by atoms with E-state index in [0.717, 1.165) is 12.8 Å². The van der Waals surface area contributed by atoms with Crippen molar-refractivity contribution in [1.29, 1.82) is 0 Å². The molecule has 0 radical (unpaired) electrons. The number of carbonyl (C=O) groups is 1. The summed E-state index contributed by atoms with van der Waals surface area (Å²) in [5.41, 5.74) is -1.82. The number of hydrogen-bond donors (Lipinski definition) is 1. The lowest BCUT2D eigenvalue weighted by Gasteiger charge is -2.64. The van der Waals surface area contributed by atoms with E-state index in [9.17, 15) is 13.6 Å². The summed E-state index contributed by atoms with van der Waals surface area (Å²) in [4.78, 5) is 12.7. The quantitative estimate of drug-likeness (QED) is 0.296. The first-order valence-corrected chi connectivity index (χ1v) is 8.77. The highest BCUT2D eigenvalue weighted by Crippen LogP contribution is 2.65. The number of hydrogen-bond acceptors (Lipinski definition) is 8. The lowest BCUT2D eigenvalue weighted by Crippen LogP contribution is -2.66. The Bertz CT molecular complexity index is 512. The first-order chi connectivity index (χ1) is 11.7. The van der Waals surface area contributed by atoms with Crippen molar-refractivity contribution in [2.45, 2.75) is 55.0 Å². The Labute approximate surface area is 148 Å². The Hall–Kier alpha value is -0.520. The summed E-state index contributed by atoms with van der Waals surface area (Å²) in [6.07, 6.45) is 3.88. The van der Waals surface area contributed by atoms with E-state index in [2.05, 4.69) is 9.37 Å². The van der Waals surface area contributed by atoms with Crippen molar-refractivity contribution in [3.05, 3.63) is 0 Å². The average molecular weight is 384 g/mol. The van der Waals surface area contributed by atoms with Gasteiger partial charge in [0.25, 0.3) is 0 Å². The zero-order chi connectivity index (χ0) is 18.3. The molecule has 0 aliphatic heterocycles. The van der Waals surface area contributed by atoms with Gasteiger partial charge in [-0.25, -0.2) is 5.26 Å². The zero-order valence-corrected chi connectivity index (χ0v) is 14.9. The summed E-state index contributed by atoms with van der Waals surface area (Å²) in [6, 6.07) is 0. The molecule has 0 aromatic carbocycles. The summed E-state index contributed by atoms with van der Waals surface area (Å²) < 4.78 is 47.3. The van der Waals surface area contributed by atoms with Gasteiger partial charge < -0.3 is 14.2 Å². The normalized spacial score (nSPS) is 39.6.